The second-order valence-corrected chi connectivity index (χ2v) is 5.95. The van der Waals surface area contributed by atoms with Gasteiger partial charge in [-0.3, -0.25) is 0 Å². The number of hydrogen-bond donors (Lipinski definition) is 1. The lowest BCUT2D eigenvalue weighted by atomic mass is 9.38. The Hall–Kier alpha value is -0.820. The highest BCUT2D eigenvalue weighted by Crippen LogP contribution is 2.66. The van der Waals surface area contributed by atoms with Crippen molar-refractivity contribution < 1.29 is 0 Å². The molecule has 1 heteroatoms. The summed E-state index contributed by atoms with van der Waals surface area (Å²) in [5.74, 6) is 0.629. The molecule has 0 saturated heterocycles. The first-order valence-electron chi connectivity index (χ1n) is 5.92. The molecular weight excluding hydrogens is 182 g/mol. The van der Waals surface area contributed by atoms with Crippen LogP contribution in [0.5, 0.6) is 0 Å². The second-order valence-electron chi connectivity index (χ2n) is 5.95. The van der Waals surface area contributed by atoms with E-state index in [0.29, 0.717) is 11.3 Å². The Morgan fingerprint density at radius 2 is 1.87 bits per heavy atom. The molecule has 0 aliphatic heterocycles. The van der Waals surface area contributed by atoms with E-state index in [-0.39, 0.29) is 5.54 Å². The topological polar surface area (TPSA) is 26.0 Å². The normalized spacial score (nSPS) is 37.3. The molecule has 2 bridgehead atoms. The van der Waals surface area contributed by atoms with Crippen molar-refractivity contribution in [2.24, 2.45) is 5.73 Å². The van der Waals surface area contributed by atoms with E-state index in [1.807, 2.05) is 0 Å². The summed E-state index contributed by atoms with van der Waals surface area (Å²) in [6.07, 6.45) is 3.63. The van der Waals surface area contributed by atoms with Crippen LogP contribution in [0.25, 0.3) is 0 Å². The van der Waals surface area contributed by atoms with Crippen LogP contribution in [0, 0.1) is 0 Å². The van der Waals surface area contributed by atoms with Crippen molar-refractivity contribution >= 4 is 0 Å². The number of benzene rings is 1. The van der Waals surface area contributed by atoms with Crippen molar-refractivity contribution in [2.75, 3.05) is 0 Å². The van der Waals surface area contributed by atoms with Crippen molar-refractivity contribution in [1.82, 2.24) is 0 Å². The van der Waals surface area contributed by atoms with Gasteiger partial charge in [-0.05, 0) is 36.3 Å². The molecule has 3 fully saturated rings. The van der Waals surface area contributed by atoms with Gasteiger partial charge >= 0.3 is 0 Å². The summed E-state index contributed by atoms with van der Waals surface area (Å²) in [6, 6.07) is 9.11. The van der Waals surface area contributed by atoms with E-state index in [4.69, 9.17) is 5.73 Å². The summed E-state index contributed by atoms with van der Waals surface area (Å²) < 4.78 is 0. The van der Waals surface area contributed by atoms with Gasteiger partial charge in [-0.25, -0.2) is 0 Å². The van der Waals surface area contributed by atoms with E-state index < -0.39 is 0 Å². The monoisotopic (exact) mass is 201 g/mol. The molecule has 0 radical (unpaired) electrons. The predicted octanol–water partition coefficient (Wildman–Crippen LogP) is 2.94. The zero-order chi connectivity index (χ0) is 10.7. The molecule has 1 aromatic carbocycles. The van der Waals surface area contributed by atoms with Gasteiger partial charge in [0.25, 0.3) is 0 Å². The van der Waals surface area contributed by atoms with Gasteiger partial charge in [0.1, 0.15) is 0 Å². The summed E-state index contributed by atoms with van der Waals surface area (Å²) in [5, 5.41) is 0. The fraction of sp³-hybridized carbons (Fsp3) is 0.571. The molecule has 80 valence electrons. The van der Waals surface area contributed by atoms with Crippen molar-refractivity contribution in [3.63, 3.8) is 0 Å². The molecule has 1 nitrogen and oxygen atoms in total. The number of rotatable bonds is 2. The first kappa shape index (κ1) is 9.41. The molecule has 15 heavy (non-hydrogen) atoms. The zero-order valence-corrected chi connectivity index (χ0v) is 9.59. The maximum Gasteiger partial charge on any atom is 0.0179 e. The van der Waals surface area contributed by atoms with Crippen LogP contribution in [0.15, 0.2) is 24.3 Å². The lowest BCUT2D eigenvalue weighted by Crippen LogP contribution is -2.74. The van der Waals surface area contributed by atoms with Gasteiger partial charge in [0.05, 0.1) is 0 Å². The molecule has 4 rings (SSSR count). The van der Waals surface area contributed by atoms with E-state index in [0.717, 1.165) is 0 Å². The third kappa shape index (κ3) is 1.19. The largest absolute Gasteiger partial charge is 0.325 e. The van der Waals surface area contributed by atoms with Crippen molar-refractivity contribution in [3.05, 3.63) is 35.4 Å². The number of nitrogens with two attached hydrogens (primary N) is 1. The maximum absolute atomic E-state index is 6.11. The highest BCUT2D eigenvalue weighted by atomic mass is 14.9. The average molecular weight is 201 g/mol. The fourth-order valence-corrected chi connectivity index (χ4v) is 3.40. The van der Waals surface area contributed by atoms with E-state index in [1.54, 1.807) is 0 Å². The summed E-state index contributed by atoms with van der Waals surface area (Å²) in [4.78, 5) is 0. The van der Waals surface area contributed by atoms with Gasteiger partial charge in [-0.1, -0.05) is 38.1 Å². The third-order valence-electron chi connectivity index (χ3n) is 4.24. The summed E-state index contributed by atoms with van der Waals surface area (Å²) in [6.45, 7) is 4.51. The Morgan fingerprint density at radius 1 is 1.20 bits per heavy atom. The van der Waals surface area contributed by atoms with E-state index in [1.165, 1.54) is 30.4 Å². The Morgan fingerprint density at radius 3 is 2.40 bits per heavy atom. The van der Waals surface area contributed by atoms with E-state index >= 15 is 0 Å². The van der Waals surface area contributed by atoms with Crippen molar-refractivity contribution in [1.29, 1.82) is 0 Å². The number of hydrogen-bond acceptors (Lipinski definition) is 1. The Kier molecular flexibility index (Phi) is 1.66. The minimum Gasteiger partial charge on any atom is -0.325 e. The minimum atomic E-state index is 0.216. The first-order chi connectivity index (χ1) is 7.03. The molecule has 0 spiro atoms. The van der Waals surface area contributed by atoms with E-state index in [9.17, 15) is 0 Å². The van der Waals surface area contributed by atoms with Crippen LogP contribution >= 0.6 is 0 Å². The van der Waals surface area contributed by atoms with Gasteiger partial charge in [-0.15, -0.1) is 0 Å². The van der Waals surface area contributed by atoms with Crippen LogP contribution in [0.1, 0.15) is 50.2 Å². The van der Waals surface area contributed by atoms with Gasteiger partial charge in [0.2, 0.25) is 0 Å². The summed E-state index contributed by atoms with van der Waals surface area (Å²) in [5.41, 5.74) is 9.79. The lowest BCUT2D eigenvalue weighted by molar-refractivity contribution is -0.0590. The molecule has 2 N–H and O–H groups in total. The van der Waals surface area contributed by atoms with Crippen LogP contribution in [-0.2, 0) is 5.41 Å². The predicted molar refractivity (Wildman–Crippen MR) is 63.0 cm³/mol. The minimum absolute atomic E-state index is 0.216. The molecule has 3 aliphatic carbocycles. The van der Waals surface area contributed by atoms with Crippen LogP contribution in [-0.4, -0.2) is 5.54 Å². The third-order valence-corrected chi connectivity index (χ3v) is 4.24. The molecule has 3 aliphatic rings. The maximum atomic E-state index is 6.11. The average Bonchev–Trinajstić information content (AvgIpc) is 2.12. The summed E-state index contributed by atoms with van der Waals surface area (Å²) in [7, 11) is 0. The van der Waals surface area contributed by atoms with Crippen LogP contribution in [0.2, 0.25) is 0 Å². The Balaban J connectivity index is 1.90. The van der Waals surface area contributed by atoms with Crippen LogP contribution in [0.4, 0.5) is 0 Å². The molecule has 0 heterocycles. The highest BCUT2D eigenvalue weighted by molar-refractivity contribution is 5.43. The lowest BCUT2D eigenvalue weighted by Gasteiger charge is -2.69. The first-order valence-corrected chi connectivity index (χ1v) is 5.92. The quantitative estimate of drug-likeness (QED) is 0.782. The fourth-order valence-electron chi connectivity index (χ4n) is 3.40. The van der Waals surface area contributed by atoms with Crippen LogP contribution < -0.4 is 5.73 Å². The highest BCUT2D eigenvalue weighted by Gasteiger charge is 2.66. The van der Waals surface area contributed by atoms with Gasteiger partial charge in [-0.2, -0.15) is 0 Å². The van der Waals surface area contributed by atoms with Crippen molar-refractivity contribution in [3.8, 4) is 0 Å². The molecule has 3 saturated carbocycles. The van der Waals surface area contributed by atoms with E-state index in [2.05, 4.69) is 38.1 Å². The van der Waals surface area contributed by atoms with Gasteiger partial charge in [0, 0.05) is 11.0 Å². The van der Waals surface area contributed by atoms with Gasteiger partial charge in [0.15, 0.2) is 0 Å². The Bertz CT molecular complexity index is 386. The van der Waals surface area contributed by atoms with Gasteiger partial charge < -0.3 is 5.73 Å². The standard InChI is InChI=1S/C14H19N/c1-10(2)11-4-3-5-12(6-11)13-7-14(15,8-13)9-13/h3-6,10H,7-9,15H2,1-2H3. The Labute approximate surface area is 91.7 Å². The molecule has 0 aromatic heterocycles. The molecule has 0 unspecified atom stereocenters. The smallest absolute Gasteiger partial charge is 0.0179 e. The second kappa shape index (κ2) is 2.65. The molecule has 0 amide bonds. The zero-order valence-electron chi connectivity index (χ0n) is 9.59. The SMILES string of the molecule is CC(C)c1cccc(C23CC(N)(C2)C3)c1. The molecule has 1 aromatic rings. The van der Waals surface area contributed by atoms with Crippen LogP contribution in [0.3, 0.4) is 0 Å². The summed E-state index contributed by atoms with van der Waals surface area (Å²) >= 11 is 0. The van der Waals surface area contributed by atoms with Crippen molar-refractivity contribution in [2.45, 2.75) is 50.0 Å². The molecule has 0 atom stereocenters. The molecular formula is C14H19N.